The minimum atomic E-state index is 0.277. The van der Waals surface area contributed by atoms with Crippen LogP contribution in [-0.4, -0.2) is 44.8 Å². The van der Waals surface area contributed by atoms with Gasteiger partial charge in [0, 0.05) is 19.2 Å². The predicted molar refractivity (Wildman–Crippen MR) is 83.9 cm³/mol. The van der Waals surface area contributed by atoms with Crippen LogP contribution < -0.4 is 5.32 Å². The summed E-state index contributed by atoms with van der Waals surface area (Å²) in [6.45, 7) is 1.75. The monoisotopic (exact) mass is 276 g/mol. The van der Waals surface area contributed by atoms with Crippen molar-refractivity contribution in [3.8, 4) is 0 Å². The highest BCUT2D eigenvalue weighted by Gasteiger charge is 2.36. The van der Waals surface area contributed by atoms with Gasteiger partial charge in [0.05, 0.1) is 12.6 Å². The van der Waals surface area contributed by atoms with Gasteiger partial charge >= 0.3 is 0 Å². The SMILES string of the molecule is COCC(NCC1(N(C)C)CCCC1)c1ccccc1. The summed E-state index contributed by atoms with van der Waals surface area (Å²) in [7, 11) is 6.19. The van der Waals surface area contributed by atoms with Crippen molar-refractivity contribution in [3.05, 3.63) is 35.9 Å². The van der Waals surface area contributed by atoms with Gasteiger partial charge in [0.1, 0.15) is 0 Å². The summed E-state index contributed by atoms with van der Waals surface area (Å²) in [4.78, 5) is 2.40. The molecule has 0 amide bonds. The van der Waals surface area contributed by atoms with Gasteiger partial charge in [-0.25, -0.2) is 0 Å². The molecule has 0 aliphatic heterocycles. The molecule has 0 heterocycles. The highest BCUT2D eigenvalue weighted by molar-refractivity contribution is 5.19. The Labute approximate surface area is 123 Å². The van der Waals surface area contributed by atoms with E-state index in [4.69, 9.17) is 4.74 Å². The maximum absolute atomic E-state index is 5.39. The third kappa shape index (κ3) is 3.60. The molecule has 1 N–H and O–H groups in total. The lowest BCUT2D eigenvalue weighted by Gasteiger charge is -2.38. The van der Waals surface area contributed by atoms with Crippen molar-refractivity contribution in [1.29, 1.82) is 0 Å². The van der Waals surface area contributed by atoms with Gasteiger partial charge in [-0.2, -0.15) is 0 Å². The lowest BCUT2D eigenvalue weighted by Crippen LogP contribution is -2.50. The van der Waals surface area contributed by atoms with Gasteiger partial charge in [0.15, 0.2) is 0 Å². The van der Waals surface area contributed by atoms with Crippen LogP contribution >= 0.6 is 0 Å². The Balaban J connectivity index is 2.01. The molecule has 20 heavy (non-hydrogen) atoms. The molecule has 0 spiro atoms. The number of rotatable bonds is 7. The van der Waals surface area contributed by atoms with Crippen LogP contribution in [0.1, 0.15) is 37.3 Å². The lowest BCUT2D eigenvalue weighted by atomic mass is 9.95. The van der Waals surface area contributed by atoms with E-state index in [9.17, 15) is 0 Å². The van der Waals surface area contributed by atoms with Crippen LogP contribution in [0.4, 0.5) is 0 Å². The van der Waals surface area contributed by atoms with Crippen molar-refractivity contribution in [1.82, 2.24) is 10.2 Å². The fraction of sp³-hybridized carbons (Fsp3) is 0.647. The largest absolute Gasteiger partial charge is 0.383 e. The maximum Gasteiger partial charge on any atom is 0.0657 e. The minimum absolute atomic E-state index is 0.277. The third-order valence-corrected chi connectivity index (χ3v) is 4.70. The summed E-state index contributed by atoms with van der Waals surface area (Å²) < 4.78 is 5.39. The van der Waals surface area contributed by atoms with E-state index in [1.165, 1.54) is 31.2 Å². The second kappa shape index (κ2) is 7.21. The molecule has 2 rings (SSSR count). The number of nitrogens with one attached hydrogen (secondary N) is 1. The molecular weight excluding hydrogens is 248 g/mol. The van der Waals surface area contributed by atoms with E-state index in [2.05, 4.69) is 54.6 Å². The summed E-state index contributed by atoms with van der Waals surface area (Å²) in [6.07, 6.45) is 5.28. The maximum atomic E-state index is 5.39. The third-order valence-electron chi connectivity index (χ3n) is 4.70. The van der Waals surface area contributed by atoms with Crippen LogP contribution in [-0.2, 0) is 4.74 Å². The fourth-order valence-corrected chi connectivity index (χ4v) is 3.25. The number of hydrogen-bond donors (Lipinski definition) is 1. The number of ether oxygens (including phenoxy) is 1. The van der Waals surface area contributed by atoms with Gasteiger partial charge in [0.25, 0.3) is 0 Å². The van der Waals surface area contributed by atoms with Crippen LogP contribution in [0.25, 0.3) is 0 Å². The molecule has 1 aromatic rings. The molecule has 1 fully saturated rings. The van der Waals surface area contributed by atoms with Gasteiger partial charge in [0.2, 0.25) is 0 Å². The van der Waals surface area contributed by atoms with Crippen LogP contribution in [0.5, 0.6) is 0 Å². The summed E-state index contributed by atoms with van der Waals surface area (Å²) in [6, 6.07) is 10.9. The molecule has 112 valence electrons. The first-order valence-electron chi connectivity index (χ1n) is 7.63. The minimum Gasteiger partial charge on any atom is -0.383 e. The topological polar surface area (TPSA) is 24.5 Å². The molecule has 0 aromatic heterocycles. The number of methoxy groups -OCH3 is 1. The summed E-state index contributed by atoms with van der Waals surface area (Å²) in [5.74, 6) is 0. The highest BCUT2D eigenvalue weighted by atomic mass is 16.5. The molecule has 1 atom stereocenters. The van der Waals surface area contributed by atoms with Gasteiger partial charge < -0.3 is 15.0 Å². The van der Waals surface area contributed by atoms with E-state index >= 15 is 0 Å². The molecule has 0 bridgehead atoms. The van der Waals surface area contributed by atoms with Crippen LogP contribution in [0.3, 0.4) is 0 Å². The van der Waals surface area contributed by atoms with Crippen LogP contribution in [0, 0.1) is 0 Å². The van der Waals surface area contributed by atoms with Crippen LogP contribution in [0.15, 0.2) is 30.3 Å². The van der Waals surface area contributed by atoms with E-state index < -0.39 is 0 Å². The fourth-order valence-electron chi connectivity index (χ4n) is 3.25. The first kappa shape index (κ1) is 15.5. The zero-order valence-corrected chi connectivity index (χ0v) is 13.1. The zero-order valence-electron chi connectivity index (χ0n) is 13.1. The van der Waals surface area contributed by atoms with Gasteiger partial charge in [-0.1, -0.05) is 43.2 Å². The van der Waals surface area contributed by atoms with Crippen molar-refractivity contribution in [2.75, 3.05) is 34.4 Å². The van der Waals surface area contributed by atoms with E-state index in [0.29, 0.717) is 12.1 Å². The molecule has 3 heteroatoms. The van der Waals surface area contributed by atoms with Crippen LogP contribution in [0.2, 0.25) is 0 Å². The van der Waals surface area contributed by atoms with E-state index in [-0.39, 0.29) is 6.04 Å². The summed E-state index contributed by atoms with van der Waals surface area (Å²) >= 11 is 0. The Bertz CT molecular complexity index is 385. The smallest absolute Gasteiger partial charge is 0.0657 e. The molecule has 1 saturated carbocycles. The lowest BCUT2D eigenvalue weighted by molar-refractivity contribution is 0.126. The number of benzene rings is 1. The van der Waals surface area contributed by atoms with Gasteiger partial charge in [-0.15, -0.1) is 0 Å². The Hall–Kier alpha value is -0.900. The molecule has 3 nitrogen and oxygen atoms in total. The molecule has 1 aliphatic rings. The Morgan fingerprint density at radius 3 is 2.40 bits per heavy atom. The molecule has 0 radical (unpaired) electrons. The van der Waals surface area contributed by atoms with Crippen molar-refractivity contribution < 1.29 is 4.74 Å². The molecule has 0 saturated heterocycles. The Morgan fingerprint density at radius 2 is 1.85 bits per heavy atom. The Kier molecular flexibility index (Phi) is 5.58. The predicted octanol–water partition coefficient (Wildman–Crippen LogP) is 2.84. The highest BCUT2D eigenvalue weighted by Crippen LogP contribution is 2.33. The molecule has 1 aromatic carbocycles. The van der Waals surface area contributed by atoms with Gasteiger partial charge in [-0.05, 0) is 32.5 Å². The van der Waals surface area contributed by atoms with Crippen molar-refractivity contribution in [3.63, 3.8) is 0 Å². The quantitative estimate of drug-likeness (QED) is 0.829. The van der Waals surface area contributed by atoms with Crippen molar-refractivity contribution in [2.45, 2.75) is 37.3 Å². The molecule has 1 unspecified atom stereocenters. The van der Waals surface area contributed by atoms with Gasteiger partial charge in [-0.3, -0.25) is 0 Å². The first-order valence-corrected chi connectivity index (χ1v) is 7.63. The summed E-state index contributed by atoms with van der Waals surface area (Å²) in [5, 5.41) is 3.73. The van der Waals surface area contributed by atoms with Crippen molar-refractivity contribution in [2.24, 2.45) is 0 Å². The molecule has 1 aliphatic carbocycles. The Morgan fingerprint density at radius 1 is 1.20 bits per heavy atom. The van der Waals surface area contributed by atoms with E-state index in [1.807, 2.05) is 0 Å². The number of hydrogen-bond acceptors (Lipinski definition) is 3. The average Bonchev–Trinajstić information content (AvgIpc) is 2.94. The second-order valence-corrected chi connectivity index (χ2v) is 6.13. The second-order valence-electron chi connectivity index (χ2n) is 6.13. The van der Waals surface area contributed by atoms with E-state index in [1.54, 1.807) is 7.11 Å². The normalized spacial score (nSPS) is 19.4. The number of nitrogens with zero attached hydrogens (tertiary/aromatic N) is 1. The zero-order chi connectivity index (χ0) is 14.4. The van der Waals surface area contributed by atoms with Crippen molar-refractivity contribution >= 4 is 0 Å². The number of likely N-dealkylation sites (N-methyl/N-ethyl adjacent to an activating group) is 1. The first-order chi connectivity index (χ1) is 9.68. The molecular formula is C17H28N2O. The average molecular weight is 276 g/mol. The standard InChI is InChI=1S/C17H28N2O/c1-19(2)17(11-7-8-12-17)14-18-16(13-20-3)15-9-5-4-6-10-15/h4-6,9-10,16,18H,7-8,11-14H2,1-3H3. The summed E-state index contributed by atoms with van der Waals surface area (Å²) in [5.41, 5.74) is 1.63. The van der Waals surface area contributed by atoms with E-state index in [0.717, 1.165) is 6.54 Å².